The maximum Gasteiger partial charge on any atom is 0.204 e. The van der Waals surface area contributed by atoms with Crippen LogP contribution in [-0.4, -0.2) is 27.7 Å². The van der Waals surface area contributed by atoms with Crippen LogP contribution in [0.2, 0.25) is 5.02 Å². The molecule has 7 heteroatoms. The Labute approximate surface area is 102 Å². The minimum absolute atomic E-state index is 0.496. The lowest BCUT2D eigenvalue weighted by atomic mass is 10.1. The number of hydrogen-bond donors (Lipinski definition) is 1. The summed E-state index contributed by atoms with van der Waals surface area (Å²) in [5.41, 5.74) is 1.59. The van der Waals surface area contributed by atoms with Gasteiger partial charge in [-0.1, -0.05) is 23.7 Å². The molecular formula is C10H9ClN4O2. The van der Waals surface area contributed by atoms with Gasteiger partial charge in [0.1, 0.15) is 6.26 Å². The molecule has 0 spiro atoms. The van der Waals surface area contributed by atoms with E-state index in [2.05, 4.69) is 30.4 Å². The van der Waals surface area contributed by atoms with E-state index in [9.17, 15) is 0 Å². The van der Waals surface area contributed by atoms with E-state index in [1.54, 1.807) is 12.1 Å². The molecule has 0 unspecified atom stereocenters. The lowest BCUT2D eigenvalue weighted by Gasteiger charge is -2.00. The van der Waals surface area contributed by atoms with Gasteiger partial charge in [-0.15, -0.1) is 10.2 Å². The van der Waals surface area contributed by atoms with Crippen LogP contribution in [0.4, 0.5) is 0 Å². The van der Waals surface area contributed by atoms with Crippen LogP contribution in [0.3, 0.4) is 0 Å². The van der Waals surface area contributed by atoms with Gasteiger partial charge in [-0.2, -0.15) is 10.1 Å². The number of aromatic nitrogens is 4. The Balaban J connectivity index is 2.23. The molecule has 0 aliphatic heterocycles. The molecule has 0 atom stereocenters. The van der Waals surface area contributed by atoms with Gasteiger partial charge in [-0.3, -0.25) is 0 Å². The highest BCUT2D eigenvalue weighted by atomic mass is 35.5. The SMILES string of the molecule is COO/C=C/c1ccc(-c2nn[nH]n2)cc1Cl. The fourth-order valence-corrected chi connectivity index (χ4v) is 1.49. The zero-order valence-corrected chi connectivity index (χ0v) is 9.68. The number of tetrazole rings is 1. The summed E-state index contributed by atoms with van der Waals surface area (Å²) in [4.78, 5) is 9.04. The first-order chi connectivity index (χ1) is 8.31. The highest BCUT2D eigenvalue weighted by molar-refractivity contribution is 6.32. The molecule has 1 heterocycles. The number of hydrogen-bond acceptors (Lipinski definition) is 5. The van der Waals surface area contributed by atoms with Gasteiger partial charge < -0.3 is 4.89 Å². The van der Waals surface area contributed by atoms with Crippen LogP contribution in [0.5, 0.6) is 0 Å². The van der Waals surface area contributed by atoms with Crippen molar-refractivity contribution in [3.63, 3.8) is 0 Å². The number of aromatic amines is 1. The minimum Gasteiger partial charge on any atom is -0.346 e. The molecule has 0 aliphatic carbocycles. The number of benzene rings is 1. The molecular weight excluding hydrogens is 244 g/mol. The molecule has 0 amide bonds. The summed E-state index contributed by atoms with van der Waals surface area (Å²) in [6.07, 6.45) is 3.08. The third-order valence-electron chi connectivity index (χ3n) is 2.00. The van der Waals surface area contributed by atoms with Crippen molar-refractivity contribution in [1.82, 2.24) is 20.6 Å². The largest absolute Gasteiger partial charge is 0.346 e. The first-order valence-corrected chi connectivity index (χ1v) is 5.08. The molecule has 0 bridgehead atoms. The molecule has 0 saturated heterocycles. The van der Waals surface area contributed by atoms with Crippen LogP contribution in [-0.2, 0) is 9.78 Å². The highest BCUT2D eigenvalue weighted by Crippen LogP contribution is 2.23. The molecule has 88 valence electrons. The monoisotopic (exact) mass is 252 g/mol. The van der Waals surface area contributed by atoms with Crippen molar-refractivity contribution < 1.29 is 9.78 Å². The van der Waals surface area contributed by atoms with E-state index in [4.69, 9.17) is 11.6 Å². The Morgan fingerprint density at radius 2 is 2.29 bits per heavy atom. The van der Waals surface area contributed by atoms with Crippen molar-refractivity contribution in [2.45, 2.75) is 0 Å². The molecule has 1 aromatic carbocycles. The van der Waals surface area contributed by atoms with Gasteiger partial charge in [0, 0.05) is 10.6 Å². The van der Waals surface area contributed by atoms with E-state index in [0.717, 1.165) is 11.1 Å². The molecule has 17 heavy (non-hydrogen) atoms. The van der Waals surface area contributed by atoms with Gasteiger partial charge in [-0.25, -0.2) is 0 Å². The lowest BCUT2D eigenvalue weighted by Crippen LogP contribution is -1.84. The zero-order chi connectivity index (χ0) is 12.1. The Morgan fingerprint density at radius 3 is 2.94 bits per heavy atom. The van der Waals surface area contributed by atoms with E-state index >= 15 is 0 Å². The molecule has 0 aliphatic rings. The molecule has 6 nitrogen and oxygen atoms in total. The molecule has 0 radical (unpaired) electrons. The van der Waals surface area contributed by atoms with Gasteiger partial charge in [0.15, 0.2) is 0 Å². The summed E-state index contributed by atoms with van der Waals surface area (Å²) >= 11 is 6.09. The average Bonchev–Trinajstić information content (AvgIpc) is 2.85. The molecule has 0 saturated carbocycles. The normalized spacial score (nSPS) is 10.9. The predicted octanol–water partition coefficient (Wildman–Crippen LogP) is 2.07. The summed E-state index contributed by atoms with van der Waals surface area (Å²) in [6.45, 7) is 0. The number of nitrogens with one attached hydrogen (secondary N) is 1. The van der Waals surface area contributed by atoms with E-state index in [0.29, 0.717) is 10.8 Å². The number of halogens is 1. The fourth-order valence-electron chi connectivity index (χ4n) is 1.24. The van der Waals surface area contributed by atoms with Crippen LogP contribution in [0, 0.1) is 0 Å². The van der Waals surface area contributed by atoms with Crippen LogP contribution in [0.1, 0.15) is 5.56 Å². The Kier molecular flexibility index (Phi) is 3.69. The molecule has 1 aromatic heterocycles. The van der Waals surface area contributed by atoms with Crippen molar-refractivity contribution in [3.8, 4) is 11.4 Å². The smallest absolute Gasteiger partial charge is 0.204 e. The second-order valence-electron chi connectivity index (χ2n) is 3.04. The van der Waals surface area contributed by atoms with Crippen LogP contribution in [0.15, 0.2) is 24.5 Å². The van der Waals surface area contributed by atoms with E-state index in [1.807, 2.05) is 12.1 Å². The van der Waals surface area contributed by atoms with Crippen molar-refractivity contribution in [2.75, 3.05) is 7.11 Å². The first kappa shape index (κ1) is 11.6. The van der Waals surface area contributed by atoms with Crippen molar-refractivity contribution in [1.29, 1.82) is 0 Å². The topological polar surface area (TPSA) is 72.9 Å². The van der Waals surface area contributed by atoms with Gasteiger partial charge >= 0.3 is 0 Å². The lowest BCUT2D eigenvalue weighted by molar-refractivity contribution is -0.221. The first-order valence-electron chi connectivity index (χ1n) is 4.70. The van der Waals surface area contributed by atoms with Gasteiger partial charge in [0.2, 0.25) is 5.82 Å². The van der Waals surface area contributed by atoms with Gasteiger partial charge in [0.25, 0.3) is 0 Å². The van der Waals surface area contributed by atoms with Crippen molar-refractivity contribution >= 4 is 17.7 Å². The predicted molar refractivity (Wildman–Crippen MR) is 61.8 cm³/mol. The summed E-state index contributed by atoms with van der Waals surface area (Å²) in [5.74, 6) is 0.496. The molecule has 2 rings (SSSR count). The molecule has 1 N–H and O–H groups in total. The number of H-pyrrole nitrogens is 1. The molecule has 2 aromatic rings. The second kappa shape index (κ2) is 5.42. The zero-order valence-electron chi connectivity index (χ0n) is 8.92. The Morgan fingerprint density at radius 1 is 1.41 bits per heavy atom. The molecule has 0 fully saturated rings. The summed E-state index contributed by atoms with van der Waals surface area (Å²) in [5, 5.41) is 14.1. The number of nitrogens with zero attached hydrogens (tertiary/aromatic N) is 3. The van der Waals surface area contributed by atoms with E-state index < -0.39 is 0 Å². The third-order valence-corrected chi connectivity index (χ3v) is 2.33. The van der Waals surface area contributed by atoms with E-state index in [-0.39, 0.29) is 0 Å². The summed E-state index contributed by atoms with van der Waals surface area (Å²) < 4.78 is 0. The maximum atomic E-state index is 6.09. The third kappa shape index (κ3) is 2.80. The fraction of sp³-hybridized carbons (Fsp3) is 0.100. The van der Waals surface area contributed by atoms with Gasteiger partial charge in [-0.05, 0) is 22.9 Å². The van der Waals surface area contributed by atoms with Crippen LogP contribution < -0.4 is 0 Å². The van der Waals surface area contributed by atoms with Crippen LogP contribution >= 0.6 is 11.6 Å². The quantitative estimate of drug-likeness (QED) is 0.512. The summed E-state index contributed by atoms with van der Waals surface area (Å²) in [6, 6.07) is 5.41. The standard InChI is InChI=1S/C10H9ClN4O2/c1-16-17-5-4-7-2-3-8(6-9(7)11)10-12-14-15-13-10/h2-6H,1H3,(H,12,13,14,15)/b5-4+. The van der Waals surface area contributed by atoms with Crippen molar-refractivity contribution in [2.24, 2.45) is 0 Å². The minimum atomic E-state index is 0.496. The van der Waals surface area contributed by atoms with Gasteiger partial charge in [0.05, 0.1) is 7.11 Å². The summed E-state index contributed by atoms with van der Waals surface area (Å²) in [7, 11) is 1.42. The van der Waals surface area contributed by atoms with E-state index in [1.165, 1.54) is 13.4 Å². The maximum absolute atomic E-state index is 6.09. The highest BCUT2D eigenvalue weighted by Gasteiger charge is 2.05. The number of rotatable bonds is 4. The average molecular weight is 253 g/mol. The Bertz CT molecular complexity index is 513. The van der Waals surface area contributed by atoms with Crippen molar-refractivity contribution in [3.05, 3.63) is 35.0 Å². The Hall–Kier alpha value is -1.92. The van der Waals surface area contributed by atoms with Crippen LogP contribution in [0.25, 0.3) is 17.5 Å². The second-order valence-corrected chi connectivity index (χ2v) is 3.44.